The number of carboxylic acid groups (broad SMARTS) is 1. The summed E-state index contributed by atoms with van der Waals surface area (Å²) in [5.41, 5.74) is 7.38. The lowest BCUT2D eigenvalue weighted by atomic mass is 9.97. The molecule has 1 aromatic carbocycles. The normalized spacial score (nSPS) is 14.4. The third-order valence-corrected chi connectivity index (χ3v) is 2.78. The number of carbonyl (C=O) groups is 2. The summed E-state index contributed by atoms with van der Waals surface area (Å²) in [6.07, 6.45) is 0.720. The average Bonchev–Trinajstić information content (AvgIpc) is 2.27. The minimum atomic E-state index is -0.959. The predicted octanol–water partition coefficient (Wildman–Crippen LogP) is 0.822. The molecule has 3 N–H and O–H groups in total. The number of benzene rings is 1. The standard InChI is InChI=1S/C11H12N2O3/c12-11(16)13-4-3-7-1-2-8(10(14)15)5-9(7)6-13/h1-2,5H,3-4,6H2,(H2,12,16)(H,14,15). The summed E-state index contributed by atoms with van der Waals surface area (Å²) in [6.45, 7) is 0.987. The lowest BCUT2D eigenvalue weighted by molar-refractivity contribution is 0.0696. The van der Waals surface area contributed by atoms with Crippen molar-refractivity contribution < 1.29 is 14.7 Å². The Bertz CT molecular complexity index is 457. The third kappa shape index (κ3) is 1.84. The van der Waals surface area contributed by atoms with Gasteiger partial charge in [0.2, 0.25) is 0 Å². The van der Waals surface area contributed by atoms with Crippen LogP contribution in [-0.4, -0.2) is 28.6 Å². The highest BCUT2D eigenvalue weighted by Gasteiger charge is 2.19. The van der Waals surface area contributed by atoms with Gasteiger partial charge in [0, 0.05) is 13.1 Å². The molecule has 84 valence electrons. The monoisotopic (exact) mass is 220 g/mol. The number of hydrogen-bond donors (Lipinski definition) is 2. The van der Waals surface area contributed by atoms with E-state index in [2.05, 4.69) is 0 Å². The average molecular weight is 220 g/mol. The summed E-state index contributed by atoms with van der Waals surface area (Å²) in [6, 6.07) is 4.52. The second-order valence-corrected chi connectivity index (χ2v) is 3.80. The van der Waals surface area contributed by atoms with Gasteiger partial charge in [-0.05, 0) is 29.7 Å². The van der Waals surface area contributed by atoms with Crippen molar-refractivity contribution in [1.29, 1.82) is 0 Å². The zero-order chi connectivity index (χ0) is 11.7. The Morgan fingerprint density at radius 2 is 2.06 bits per heavy atom. The van der Waals surface area contributed by atoms with Gasteiger partial charge in [0.05, 0.1) is 5.56 Å². The van der Waals surface area contributed by atoms with E-state index in [0.29, 0.717) is 13.1 Å². The van der Waals surface area contributed by atoms with Crippen LogP contribution in [-0.2, 0) is 13.0 Å². The molecule has 1 aliphatic rings. The Morgan fingerprint density at radius 1 is 1.31 bits per heavy atom. The second-order valence-electron chi connectivity index (χ2n) is 3.80. The molecule has 0 radical (unpaired) electrons. The molecule has 16 heavy (non-hydrogen) atoms. The van der Waals surface area contributed by atoms with E-state index in [1.807, 2.05) is 0 Å². The maximum Gasteiger partial charge on any atom is 0.335 e. The summed E-state index contributed by atoms with van der Waals surface area (Å²) in [5.74, 6) is -0.959. The van der Waals surface area contributed by atoms with Crippen LogP contribution in [0.3, 0.4) is 0 Å². The van der Waals surface area contributed by atoms with Crippen molar-refractivity contribution in [1.82, 2.24) is 4.90 Å². The van der Waals surface area contributed by atoms with Crippen molar-refractivity contribution in [3.05, 3.63) is 34.9 Å². The van der Waals surface area contributed by atoms with E-state index in [9.17, 15) is 9.59 Å². The van der Waals surface area contributed by atoms with Crippen molar-refractivity contribution in [2.24, 2.45) is 5.73 Å². The van der Waals surface area contributed by atoms with Crippen molar-refractivity contribution in [2.45, 2.75) is 13.0 Å². The molecule has 1 aromatic rings. The number of fused-ring (bicyclic) bond motifs is 1. The molecular formula is C11H12N2O3. The molecular weight excluding hydrogens is 208 g/mol. The van der Waals surface area contributed by atoms with Gasteiger partial charge in [0.1, 0.15) is 0 Å². The number of rotatable bonds is 1. The molecule has 0 unspecified atom stereocenters. The molecule has 0 saturated heterocycles. The SMILES string of the molecule is NC(=O)N1CCc2ccc(C(=O)O)cc2C1. The van der Waals surface area contributed by atoms with Crippen LogP contribution < -0.4 is 5.73 Å². The van der Waals surface area contributed by atoms with Crippen LogP contribution in [0.1, 0.15) is 21.5 Å². The molecule has 0 spiro atoms. The van der Waals surface area contributed by atoms with Gasteiger partial charge in [-0.25, -0.2) is 9.59 Å². The molecule has 5 heteroatoms. The van der Waals surface area contributed by atoms with Crippen molar-refractivity contribution in [2.75, 3.05) is 6.54 Å². The quantitative estimate of drug-likeness (QED) is 0.735. The molecule has 0 bridgehead atoms. The molecule has 0 aliphatic carbocycles. The Labute approximate surface area is 92.5 Å². The fraction of sp³-hybridized carbons (Fsp3) is 0.273. The summed E-state index contributed by atoms with van der Waals surface area (Å²) in [4.78, 5) is 23.3. The Hall–Kier alpha value is -2.04. The molecule has 0 saturated carbocycles. The molecule has 0 aromatic heterocycles. The van der Waals surface area contributed by atoms with Crippen LogP contribution in [0.15, 0.2) is 18.2 Å². The topological polar surface area (TPSA) is 83.6 Å². The molecule has 5 nitrogen and oxygen atoms in total. The molecule has 1 aliphatic heterocycles. The van der Waals surface area contributed by atoms with Gasteiger partial charge in [0.15, 0.2) is 0 Å². The van der Waals surface area contributed by atoms with Crippen LogP contribution in [0.2, 0.25) is 0 Å². The summed E-state index contributed by atoms with van der Waals surface area (Å²) in [5, 5.41) is 8.86. The largest absolute Gasteiger partial charge is 0.478 e. The van der Waals surface area contributed by atoms with E-state index < -0.39 is 12.0 Å². The number of urea groups is 1. The fourth-order valence-electron chi connectivity index (χ4n) is 1.88. The van der Waals surface area contributed by atoms with Gasteiger partial charge < -0.3 is 15.7 Å². The molecule has 2 rings (SSSR count). The fourth-order valence-corrected chi connectivity index (χ4v) is 1.88. The van der Waals surface area contributed by atoms with E-state index in [0.717, 1.165) is 17.5 Å². The van der Waals surface area contributed by atoms with Gasteiger partial charge in [0.25, 0.3) is 0 Å². The van der Waals surface area contributed by atoms with Gasteiger partial charge >= 0.3 is 12.0 Å². The van der Waals surface area contributed by atoms with E-state index in [1.54, 1.807) is 18.2 Å². The van der Waals surface area contributed by atoms with Crippen molar-refractivity contribution in [3.63, 3.8) is 0 Å². The van der Waals surface area contributed by atoms with E-state index in [1.165, 1.54) is 4.90 Å². The first-order chi connectivity index (χ1) is 7.58. The zero-order valence-corrected chi connectivity index (χ0v) is 8.64. The number of nitrogens with two attached hydrogens (primary N) is 1. The van der Waals surface area contributed by atoms with Crippen LogP contribution in [0.4, 0.5) is 4.79 Å². The smallest absolute Gasteiger partial charge is 0.335 e. The summed E-state index contributed by atoms with van der Waals surface area (Å²) in [7, 11) is 0. The zero-order valence-electron chi connectivity index (χ0n) is 8.64. The maximum absolute atomic E-state index is 11.0. The van der Waals surface area contributed by atoms with Gasteiger partial charge in [-0.15, -0.1) is 0 Å². The predicted molar refractivity (Wildman–Crippen MR) is 57.1 cm³/mol. The first kappa shape index (κ1) is 10.5. The molecule has 2 amide bonds. The summed E-state index contributed by atoms with van der Waals surface area (Å²) >= 11 is 0. The first-order valence-corrected chi connectivity index (χ1v) is 4.97. The highest BCUT2D eigenvalue weighted by molar-refractivity contribution is 5.88. The Morgan fingerprint density at radius 3 is 2.69 bits per heavy atom. The number of aromatic carboxylic acids is 1. The Kier molecular flexibility index (Phi) is 2.52. The lowest BCUT2D eigenvalue weighted by Crippen LogP contribution is -2.39. The number of amides is 2. The van der Waals surface area contributed by atoms with Crippen LogP contribution >= 0.6 is 0 Å². The van der Waals surface area contributed by atoms with E-state index in [-0.39, 0.29) is 5.56 Å². The highest BCUT2D eigenvalue weighted by Crippen LogP contribution is 2.20. The maximum atomic E-state index is 11.0. The van der Waals surface area contributed by atoms with Crippen molar-refractivity contribution in [3.8, 4) is 0 Å². The van der Waals surface area contributed by atoms with E-state index in [4.69, 9.17) is 10.8 Å². The van der Waals surface area contributed by atoms with Crippen LogP contribution in [0.5, 0.6) is 0 Å². The van der Waals surface area contributed by atoms with Crippen LogP contribution in [0.25, 0.3) is 0 Å². The number of carbonyl (C=O) groups excluding carboxylic acids is 1. The minimum Gasteiger partial charge on any atom is -0.478 e. The summed E-state index contributed by atoms with van der Waals surface area (Å²) < 4.78 is 0. The third-order valence-electron chi connectivity index (χ3n) is 2.78. The van der Waals surface area contributed by atoms with Crippen LogP contribution in [0, 0.1) is 0 Å². The molecule has 0 atom stereocenters. The minimum absolute atomic E-state index is 0.241. The first-order valence-electron chi connectivity index (χ1n) is 4.97. The van der Waals surface area contributed by atoms with Gasteiger partial charge in [-0.3, -0.25) is 0 Å². The van der Waals surface area contributed by atoms with Gasteiger partial charge in [-0.1, -0.05) is 6.07 Å². The van der Waals surface area contributed by atoms with E-state index >= 15 is 0 Å². The van der Waals surface area contributed by atoms with Gasteiger partial charge in [-0.2, -0.15) is 0 Å². The molecule has 0 fully saturated rings. The number of hydrogen-bond acceptors (Lipinski definition) is 2. The Balaban J connectivity index is 2.32. The number of carboxylic acids is 1. The lowest BCUT2D eigenvalue weighted by Gasteiger charge is -2.27. The highest BCUT2D eigenvalue weighted by atomic mass is 16.4. The number of primary amides is 1. The van der Waals surface area contributed by atoms with Crippen molar-refractivity contribution >= 4 is 12.0 Å². The second kappa shape index (κ2) is 3.84. The molecule has 1 heterocycles. The number of nitrogens with zero attached hydrogens (tertiary/aromatic N) is 1.